The van der Waals surface area contributed by atoms with Gasteiger partial charge in [-0.15, -0.1) is 10.2 Å². The number of benzene rings is 1. The summed E-state index contributed by atoms with van der Waals surface area (Å²) in [6.45, 7) is 5.45. The molecule has 0 aliphatic carbocycles. The Balaban J connectivity index is 1.31. The van der Waals surface area contributed by atoms with Gasteiger partial charge in [0, 0.05) is 39.0 Å². The summed E-state index contributed by atoms with van der Waals surface area (Å²) in [6.07, 6.45) is 6.46. The van der Waals surface area contributed by atoms with Gasteiger partial charge in [0.2, 0.25) is 0 Å². The average molecular weight is 367 g/mol. The van der Waals surface area contributed by atoms with Crippen LogP contribution in [0.25, 0.3) is 0 Å². The van der Waals surface area contributed by atoms with Crippen molar-refractivity contribution in [2.24, 2.45) is 5.41 Å². The molecule has 1 fully saturated rings. The Morgan fingerprint density at radius 2 is 1.81 bits per heavy atom. The van der Waals surface area contributed by atoms with Crippen molar-refractivity contribution in [3.8, 4) is 0 Å². The minimum atomic E-state index is 0.0627. The quantitative estimate of drug-likeness (QED) is 0.906. The SMILES string of the molecule is CCc1nnc2n1CCC1(CC2)CCN(C(=O)NCc2ccccc2)CC1. The second kappa shape index (κ2) is 7.71. The fourth-order valence-corrected chi connectivity index (χ4v) is 4.50. The van der Waals surface area contributed by atoms with Crippen LogP contribution < -0.4 is 5.32 Å². The molecule has 2 amide bonds. The van der Waals surface area contributed by atoms with Gasteiger partial charge in [0.05, 0.1) is 0 Å². The molecule has 0 radical (unpaired) electrons. The van der Waals surface area contributed by atoms with E-state index in [0.29, 0.717) is 12.0 Å². The van der Waals surface area contributed by atoms with E-state index < -0.39 is 0 Å². The highest BCUT2D eigenvalue weighted by Crippen LogP contribution is 2.41. The highest BCUT2D eigenvalue weighted by Gasteiger charge is 2.37. The Morgan fingerprint density at radius 1 is 1.07 bits per heavy atom. The Labute approximate surface area is 161 Å². The summed E-state index contributed by atoms with van der Waals surface area (Å²) in [6, 6.07) is 10.1. The predicted molar refractivity (Wildman–Crippen MR) is 104 cm³/mol. The van der Waals surface area contributed by atoms with Crippen molar-refractivity contribution in [2.45, 2.75) is 58.5 Å². The normalized spacial score (nSPS) is 18.8. The van der Waals surface area contributed by atoms with Crippen LogP contribution in [0.15, 0.2) is 30.3 Å². The molecular weight excluding hydrogens is 338 g/mol. The van der Waals surface area contributed by atoms with Crippen LogP contribution >= 0.6 is 0 Å². The van der Waals surface area contributed by atoms with Gasteiger partial charge in [-0.3, -0.25) is 0 Å². The predicted octanol–water partition coefficient (Wildman–Crippen LogP) is 3.17. The van der Waals surface area contributed by atoms with Crippen molar-refractivity contribution in [1.82, 2.24) is 25.0 Å². The molecule has 6 nitrogen and oxygen atoms in total. The van der Waals surface area contributed by atoms with Crippen molar-refractivity contribution in [3.63, 3.8) is 0 Å². The number of carbonyl (C=O) groups excluding carboxylic acids is 1. The van der Waals surface area contributed by atoms with Gasteiger partial charge in [0.1, 0.15) is 11.6 Å². The third-order valence-corrected chi connectivity index (χ3v) is 6.36. The molecule has 2 aliphatic heterocycles. The van der Waals surface area contributed by atoms with Crippen molar-refractivity contribution >= 4 is 6.03 Å². The summed E-state index contributed by atoms with van der Waals surface area (Å²) in [4.78, 5) is 14.5. The van der Waals surface area contributed by atoms with E-state index in [1.54, 1.807) is 0 Å². The number of piperidine rings is 1. The highest BCUT2D eigenvalue weighted by molar-refractivity contribution is 5.74. The summed E-state index contributed by atoms with van der Waals surface area (Å²) in [5, 5.41) is 11.8. The molecule has 2 aromatic rings. The van der Waals surface area contributed by atoms with E-state index in [-0.39, 0.29) is 6.03 Å². The Kier molecular flexibility index (Phi) is 5.14. The summed E-state index contributed by atoms with van der Waals surface area (Å²) in [5.41, 5.74) is 1.49. The number of nitrogens with zero attached hydrogens (tertiary/aromatic N) is 4. The van der Waals surface area contributed by atoms with E-state index in [1.807, 2.05) is 35.2 Å². The van der Waals surface area contributed by atoms with Crippen LogP contribution in [0.5, 0.6) is 0 Å². The van der Waals surface area contributed by atoms with Crippen LogP contribution in [-0.4, -0.2) is 38.8 Å². The second-order valence-corrected chi connectivity index (χ2v) is 7.92. The number of carbonyl (C=O) groups is 1. The lowest BCUT2D eigenvalue weighted by atomic mass is 9.73. The van der Waals surface area contributed by atoms with Gasteiger partial charge < -0.3 is 14.8 Å². The zero-order chi connectivity index (χ0) is 18.7. The molecule has 27 heavy (non-hydrogen) atoms. The maximum Gasteiger partial charge on any atom is 0.317 e. The number of amides is 2. The van der Waals surface area contributed by atoms with Gasteiger partial charge >= 0.3 is 6.03 Å². The lowest BCUT2D eigenvalue weighted by Gasteiger charge is -2.41. The third-order valence-electron chi connectivity index (χ3n) is 6.36. The first-order valence-electron chi connectivity index (χ1n) is 10.2. The average Bonchev–Trinajstić information content (AvgIpc) is 3.04. The fraction of sp³-hybridized carbons (Fsp3) is 0.571. The first-order chi connectivity index (χ1) is 13.2. The number of aryl methyl sites for hydroxylation is 2. The maximum atomic E-state index is 12.5. The topological polar surface area (TPSA) is 63.1 Å². The number of rotatable bonds is 3. The number of hydrogen-bond donors (Lipinski definition) is 1. The Hall–Kier alpha value is -2.37. The van der Waals surface area contributed by atoms with E-state index in [0.717, 1.165) is 69.0 Å². The maximum absolute atomic E-state index is 12.5. The second-order valence-electron chi connectivity index (χ2n) is 7.92. The number of urea groups is 1. The van der Waals surface area contributed by atoms with Crippen molar-refractivity contribution in [1.29, 1.82) is 0 Å². The van der Waals surface area contributed by atoms with Crippen LogP contribution in [0.2, 0.25) is 0 Å². The molecule has 0 atom stereocenters. The molecule has 4 rings (SSSR count). The van der Waals surface area contributed by atoms with Gasteiger partial charge in [0.15, 0.2) is 0 Å². The van der Waals surface area contributed by atoms with Crippen molar-refractivity contribution < 1.29 is 4.79 Å². The molecule has 0 bridgehead atoms. The first-order valence-corrected chi connectivity index (χ1v) is 10.2. The molecule has 0 saturated carbocycles. The Morgan fingerprint density at radius 3 is 2.56 bits per heavy atom. The summed E-state index contributed by atoms with van der Waals surface area (Å²) in [7, 11) is 0. The molecule has 2 aliphatic rings. The van der Waals surface area contributed by atoms with Crippen molar-refractivity contribution in [2.75, 3.05) is 13.1 Å². The summed E-state index contributed by atoms with van der Waals surface area (Å²) < 4.78 is 2.33. The fourth-order valence-electron chi connectivity index (χ4n) is 4.50. The summed E-state index contributed by atoms with van der Waals surface area (Å²) >= 11 is 0. The van der Waals surface area contributed by atoms with Crippen molar-refractivity contribution in [3.05, 3.63) is 47.5 Å². The van der Waals surface area contributed by atoms with Gasteiger partial charge in [-0.25, -0.2) is 4.79 Å². The van der Waals surface area contributed by atoms with E-state index in [1.165, 1.54) is 6.42 Å². The van der Waals surface area contributed by atoms with Crippen LogP contribution in [0, 0.1) is 5.41 Å². The summed E-state index contributed by atoms with van der Waals surface area (Å²) in [5.74, 6) is 2.26. The smallest absolute Gasteiger partial charge is 0.317 e. The van der Waals surface area contributed by atoms with E-state index in [2.05, 4.69) is 27.0 Å². The molecule has 1 saturated heterocycles. The zero-order valence-electron chi connectivity index (χ0n) is 16.2. The Bertz CT molecular complexity index is 777. The lowest BCUT2D eigenvalue weighted by Crippen LogP contribution is -2.47. The number of nitrogens with one attached hydrogen (secondary N) is 1. The number of fused-ring (bicyclic) bond motifs is 1. The van der Waals surface area contributed by atoms with Gasteiger partial charge in [-0.1, -0.05) is 37.3 Å². The van der Waals surface area contributed by atoms with Gasteiger partial charge in [-0.05, 0) is 36.7 Å². The standard InChI is InChI=1S/C21H29N5O/c1-2-18-23-24-19-8-9-21(12-15-26(18)19)10-13-25(14-11-21)20(27)22-16-17-6-4-3-5-7-17/h3-7H,2,8-16H2,1H3,(H,22,27). The van der Waals surface area contributed by atoms with Crippen LogP contribution in [-0.2, 0) is 25.9 Å². The zero-order valence-corrected chi connectivity index (χ0v) is 16.2. The highest BCUT2D eigenvalue weighted by atomic mass is 16.2. The van der Waals surface area contributed by atoms with E-state index in [9.17, 15) is 4.79 Å². The molecule has 1 aromatic carbocycles. The monoisotopic (exact) mass is 367 g/mol. The lowest BCUT2D eigenvalue weighted by molar-refractivity contribution is 0.100. The molecule has 1 spiro atoms. The first kappa shape index (κ1) is 18.0. The molecule has 3 heterocycles. The minimum absolute atomic E-state index is 0.0627. The molecular formula is C21H29N5O. The minimum Gasteiger partial charge on any atom is -0.334 e. The van der Waals surface area contributed by atoms with Crippen LogP contribution in [0.4, 0.5) is 4.79 Å². The van der Waals surface area contributed by atoms with Crippen LogP contribution in [0.3, 0.4) is 0 Å². The molecule has 6 heteroatoms. The number of likely N-dealkylation sites (tertiary alicyclic amines) is 1. The third kappa shape index (κ3) is 3.84. The number of hydrogen-bond acceptors (Lipinski definition) is 3. The molecule has 1 aromatic heterocycles. The van der Waals surface area contributed by atoms with Crippen LogP contribution in [0.1, 0.15) is 49.8 Å². The van der Waals surface area contributed by atoms with Gasteiger partial charge in [-0.2, -0.15) is 0 Å². The largest absolute Gasteiger partial charge is 0.334 e. The number of aromatic nitrogens is 3. The van der Waals surface area contributed by atoms with Gasteiger partial charge in [0.25, 0.3) is 0 Å². The molecule has 0 unspecified atom stereocenters. The molecule has 144 valence electrons. The molecule has 1 N–H and O–H groups in total. The van der Waals surface area contributed by atoms with E-state index >= 15 is 0 Å². The van der Waals surface area contributed by atoms with E-state index in [4.69, 9.17) is 0 Å².